The van der Waals surface area contributed by atoms with Crippen molar-refractivity contribution in [3.05, 3.63) is 51.8 Å². The predicted octanol–water partition coefficient (Wildman–Crippen LogP) is 3.53. The van der Waals surface area contributed by atoms with Gasteiger partial charge in [-0.2, -0.15) is 0 Å². The van der Waals surface area contributed by atoms with Gasteiger partial charge in [0.2, 0.25) is 0 Å². The molecule has 0 spiro atoms. The molecule has 0 fully saturated rings. The summed E-state index contributed by atoms with van der Waals surface area (Å²) in [6.07, 6.45) is 2.65. The number of imidazole rings is 1. The predicted molar refractivity (Wildman–Crippen MR) is 82.0 cm³/mol. The molecule has 0 saturated carbocycles. The molecule has 0 radical (unpaired) electrons. The largest absolute Gasteiger partial charge is 0.332 e. The van der Waals surface area contributed by atoms with Gasteiger partial charge in [0, 0.05) is 22.3 Å². The third kappa shape index (κ3) is 2.94. The quantitative estimate of drug-likeness (QED) is 0.925. The van der Waals surface area contributed by atoms with Crippen LogP contribution in [0, 0.1) is 12.7 Å². The van der Waals surface area contributed by atoms with Crippen molar-refractivity contribution in [2.75, 3.05) is 0 Å². The van der Waals surface area contributed by atoms with Gasteiger partial charge in [-0.25, -0.2) is 9.37 Å². The summed E-state index contributed by atoms with van der Waals surface area (Å²) in [4.78, 5) is 4.31. The Kier molecular flexibility index (Phi) is 4.30. The van der Waals surface area contributed by atoms with Crippen LogP contribution in [0.4, 0.5) is 4.39 Å². The fourth-order valence-corrected chi connectivity index (χ4v) is 2.84. The molecule has 2 aromatic rings. The molecule has 20 heavy (non-hydrogen) atoms. The summed E-state index contributed by atoms with van der Waals surface area (Å²) in [7, 11) is 0. The molecule has 0 aliphatic heterocycles. The van der Waals surface area contributed by atoms with E-state index < -0.39 is 5.54 Å². The average molecular weight is 340 g/mol. The number of nitrogens with zero attached hydrogens (tertiary/aromatic N) is 2. The molecule has 0 saturated heterocycles. The van der Waals surface area contributed by atoms with Crippen LogP contribution < -0.4 is 5.73 Å². The highest BCUT2D eigenvalue weighted by Crippen LogP contribution is 2.27. The first-order chi connectivity index (χ1) is 9.35. The smallest absolute Gasteiger partial charge is 0.128 e. The number of rotatable bonds is 4. The lowest BCUT2D eigenvalue weighted by Gasteiger charge is -2.27. The topological polar surface area (TPSA) is 43.8 Å². The summed E-state index contributed by atoms with van der Waals surface area (Å²) in [5, 5.41) is 0. The molecule has 0 bridgehead atoms. The van der Waals surface area contributed by atoms with E-state index in [4.69, 9.17) is 5.73 Å². The molecule has 1 atom stereocenters. The molecular formula is C15H19BrFN3. The van der Waals surface area contributed by atoms with Gasteiger partial charge in [-0.1, -0.05) is 22.9 Å². The molecule has 0 unspecified atom stereocenters. The van der Waals surface area contributed by atoms with E-state index in [0.717, 1.165) is 22.3 Å². The molecule has 1 heterocycles. The van der Waals surface area contributed by atoms with E-state index in [9.17, 15) is 4.39 Å². The third-order valence-electron chi connectivity index (χ3n) is 3.53. The molecule has 2 rings (SSSR count). The van der Waals surface area contributed by atoms with Gasteiger partial charge in [-0.3, -0.25) is 0 Å². The van der Waals surface area contributed by atoms with Gasteiger partial charge in [-0.15, -0.1) is 0 Å². The molecule has 0 aliphatic carbocycles. The molecule has 3 nitrogen and oxygen atoms in total. The van der Waals surface area contributed by atoms with Crippen LogP contribution in [0.2, 0.25) is 0 Å². The monoisotopic (exact) mass is 339 g/mol. The maximum absolute atomic E-state index is 14.0. The Balaban J connectivity index is 2.37. The molecule has 1 aromatic carbocycles. The fraction of sp³-hybridized carbons (Fsp3) is 0.400. The van der Waals surface area contributed by atoms with Crippen LogP contribution in [-0.4, -0.2) is 9.55 Å². The van der Waals surface area contributed by atoms with Crippen LogP contribution in [0.1, 0.15) is 30.8 Å². The van der Waals surface area contributed by atoms with Crippen molar-refractivity contribution in [3.8, 4) is 0 Å². The third-order valence-corrected chi connectivity index (χ3v) is 4.03. The zero-order valence-electron chi connectivity index (χ0n) is 12.0. The minimum absolute atomic E-state index is 0.284. The van der Waals surface area contributed by atoms with Gasteiger partial charge in [0.15, 0.2) is 0 Å². The normalized spacial score (nSPS) is 14.3. The van der Waals surface area contributed by atoms with E-state index >= 15 is 0 Å². The van der Waals surface area contributed by atoms with Crippen LogP contribution in [-0.2, 0) is 18.5 Å². The van der Waals surface area contributed by atoms with E-state index in [1.165, 1.54) is 6.07 Å². The summed E-state index contributed by atoms with van der Waals surface area (Å²) < 4.78 is 16.9. The number of halogens is 2. The first-order valence-electron chi connectivity index (χ1n) is 6.60. The molecule has 108 valence electrons. The van der Waals surface area contributed by atoms with Gasteiger partial charge in [0.1, 0.15) is 5.82 Å². The van der Waals surface area contributed by atoms with E-state index in [-0.39, 0.29) is 5.82 Å². The molecule has 5 heteroatoms. The summed E-state index contributed by atoms with van der Waals surface area (Å²) in [6, 6.07) is 4.85. The van der Waals surface area contributed by atoms with Gasteiger partial charge in [0.25, 0.3) is 0 Å². The first kappa shape index (κ1) is 15.2. The van der Waals surface area contributed by atoms with Crippen LogP contribution in [0.15, 0.2) is 29.0 Å². The number of nitrogens with two attached hydrogens (primary N) is 1. The highest BCUT2D eigenvalue weighted by atomic mass is 79.9. The minimum atomic E-state index is -0.801. The number of aromatic nitrogens is 2. The standard InChI is InChI=1S/C15H19BrFN3/c1-4-14-10(2)19-9-20(14)8-15(3,18)12-7-11(16)5-6-13(12)17/h5-7,9H,4,8,18H2,1-3H3/t15-/m0/s1. The summed E-state index contributed by atoms with van der Waals surface area (Å²) in [5.41, 5.74) is 8.20. The van der Waals surface area contributed by atoms with Gasteiger partial charge >= 0.3 is 0 Å². The SMILES string of the molecule is CCc1c(C)ncn1C[C@](C)(N)c1cc(Br)ccc1F. The van der Waals surface area contributed by atoms with Crippen LogP contribution in [0.3, 0.4) is 0 Å². The van der Waals surface area contributed by atoms with Gasteiger partial charge < -0.3 is 10.3 Å². The van der Waals surface area contributed by atoms with E-state index in [2.05, 4.69) is 27.8 Å². The van der Waals surface area contributed by atoms with Crippen LogP contribution >= 0.6 is 15.9 Å². The summed E-state index contributed by atoms with van der Waals surface area (Å²) in [6.45, 7) is 6.38. The molecular weight excluding hydrogens is 321 g/mol. The second-order valence-corrected chi connectivity index (χ2v) is 6.22. The highest BCUT2D eigenvalue weighted by molar-refractivity contribution is 9.10. The highest BCUT2D eigenvalue weighted by Gasteiger charge is 2.26. The summed E-state index contributed by atoms with van der Waals surface area (Å²) >= 11 is 3.37. The molecule has 0 aliphatic rings. The molecule has 0 amide bonds. The van der Waals surface area contributed by atoms with Crippen molar-refractivity contribution in [1.29, 1.82) is 0 Å². The second-order valence-electron chi connectivity index (χ2n) is 5.30. The number of benzene rings is 1. The lowest BCUT2D eigenvalue weighted by molar-refractivity contribution is 0.387. The number of aryl methyl sites for hydroxylation is 1. The van der Waals surface area contributed by atoms with E-state index in [0.29, 0.717) is 12.1 Å². The van der Waals surface area contributed by atoms with Crippen molar-refractivity contribution < 1.29 is 4.39 Å². The minimum Gasteiger partial charge on any atom is -0.332 e. The number of hydrogen-bond acceptors (Lipinski definition) is 2. The zero-order valence-corrected chi connectivity index (χ0v) is 13.5. The van der Waals surface area contributed by atoms with Crippen molar-refractivity contribution in [2.24, 2.45) is 5.73 Å². The van der Waals surface area contributed by atoms with Crippen molar-refractivity contribution in [2.45, 2.75) is 39.3 Å². The Labute approximate surface area is 127 Å². The zero-order chi connectivity index (χ0) is 14.9. The lowest BCUT2D eigenvalue weighted by Crippen LogP contribution is -2.39. The Morgan fingerprint density at radius 3 is 2.80 bits per heavy atom. The van der Waals surface area contributed by atoms with Crippen LogP contribution in [0.5, 0.6) is 0 Å². The Hall–Kier alpha value is -1.20. The Bertz CT molecular complexity index is 620. The second kappa shape index (κ2) is 5.66. The maximum Gasteiger partial charge on any atom is 0.128 e. The maximum atomic E-state index is 14.0. The van der Waals surface area contributed by atoms with Gasteiger partial charge in [-0.05, 0) is 38.5 Å². The van der Waals surface area contributed by atoms with Crippen molar-refractivity contribution >= 4 is 15.9 Å². The van der Waals surface area contributed by atoms with E-state index in [1.807, 2.05) is 18.4 Å². The van der Waals surface area contributed by atoms with Crippen molar-refractivity contribution in [3.63, 3.8) is 0 Å². The summed E-state index contributed by atoms with van der Waals surface area (Å²) in [5.74, 6) is -0.284. The van der Waals surface area contributed by atoms with E-state index in [1.54, 1.807) is 18.5 Å². The fourth-order valence-electron chi connectivity index (χ4n) is 2.48. The van der Waals surface area contributed by atoms with Crippen molar-refractivity contribution in [1.82, 2.24) is 9.55 Å². The Morgan fingerprint density at radius 2 is 2.15 bits per heavy atom. The number of hydrogen-bond donors (Lipinski definition) is 1. The molecule has 2 N–H and O–H groups in total. The lowest BCUT2D eigenvalue weighted by atomic mass is 9.92. The van der Waals surface area contributed by atoms with Crippen LogP contribution in [0.25, 0.3) is 0 Å². The average Bonchev–Trinajstić information content (AvgIpc) is 2.72. The van der Waals surface area contributed by atoms with Gasteiger partial charge in [0.05, 0.1) is 17.6 Å². The first-order valence-corrected chi connectivity index (χ1v) is 7.39. The molecule has 1 aromatic heterocycles. The Morgan fingerprint density at radius 1 is 1.45 bits per heavy atom.